The molecule has 0 spiro atoms. The van der Waals surface area contributed by atoms with Crippen molar-refractivity contribution in [3.8, 4) is 11.5 Å². The number of nitrogens with two attached hydrogens (primary N) is 1. The van der Waals surface area contributed by atoms with Crippen molar-refractivity contribution in [2.75, 3.05) is 46.6 Å². The van der Waals surface area contributed by atoms with Gasteiger partial charge in [-0.25, -0.2) is 0 Å². The van der Waals surface area contributed by atoms with E-state index in [4.69, 9.17) is 19.9 Å². The first-order valence-corrected chi connectivity index (χ1v) is 7.13. The molecule has 1 aliphatic heterocycles. The molecule has 0 unspecified atom stereocenters. The van der Waals surface area contributed by atoms with Gasteiger partial charge in [-0.15, -0.1) is 0 Å². The van der Waals surface area contributed by atoms with Crippen LogP contribution in [0.3, 0.4) is 0 Å². The molecule has 5 nitrogen and oxygen atoms in total. The second kappa shape index (κ2) is 8.09. The van der Waals surface area contributed by atoms with Gasteiger partial charge < -0.3 is 19.9 Å². The molecule has 1 aromatic rings. The number of benzene rings is 1. The SMILES string of the molecule is COc1ccc(CN)cc1OCCCN1CCOCC1. The number of nitrogens with zero attached hydrogens (tertiary/aromatic N) is 1. The van der Waals surface area contributed by atoms with Gasteiger partial charge in [-0.2, -0.15) is 0 Å². The largest absolute Gasteiger partial charge is 0.493 e. The molecule has 0 radical (unpaired) electrons. The summed E-state index contributed by atoms with van der Waals surface area (Å²) >= 11 is 0. The summed E-state index contributed by atoms with van der Waals surface area (Å²) in [4.78, 5) is 2.40. The lowest BCUT2D eigenvalue weighted by Crippen LogP contribution is -2.37. The first-order chi connectivity index (χ1) is 9.83. The van der Waals surface area contributed by atoms with E-state index >= 15 is 0 Å². The van der Waals surface area contributed by atoms with Crippen LogP contribution in [0.25, 0.3) is 0 Å². The number of rotatable bonds is 7. The number of methoxy groups -OCH3 is 1. The van der Waals surface area contributed by atoms with Gasteiger partial charge in [-0.05, 0) is 24.1 Å². The van der Waals surface area contributed by atoms with Crippen LogP contribution in [0.5, 0.6) is 11.5 Å². The van der Waals surface area contributed by atoms with Crippen molar-refractivity contribution in [1.82, 2.24) is 4.90 Å². The summed E-state index contributed by atoms with van der Waals surface area (Å²) in [6.07, 6.45) is 0.996. The number of morpholine rings is 1. The van der Waals surface area contributed by atoms with Gasteiger partial charge in [0, 0.05) is 26.2 Å². The highest BCUT2D eigenvalue weighted by Gasteiger charge is 2.10. The monoisotopic (exact) mass is 280 g/mol. The van der Waals surface area contributed by atoms with Crippen LogP contribution in [0.4, 0.5) is 0 Å². The topological polar surface area (TPSA) is 57.0 Å². The van der Waals surface area contributed by atoms with Gasteiger partial charge in [-0.3, -0.25) is 4.90 Å². The van der Waals surface area contributed by atoms with Crippen molar-refractivity contribution >= 4 is 0 Å². The summed E-state index contributed by atoms with van der Waals surface area (Å²) in [7, 11) is 1.65. The molecule has 0 amide bonds. The highest BCUT2D eigenvalue weighted by Crippen LogP contribution is 2.28. The van der Waals surface area contributed by atoms with E-state index in [1.165, 1.54) is 0 Å². The molecular weight excluding hydrogens is 256 g/mol. The van der Waals surface area contributed by atoms with E-state index in [0.29, 0.717) is 13.2 Å². The first-order valence-electron chi connectivity index (χ1n) is 7.13. The molecule has 1 heterocycles. The van der Waals surface area contributed by atoms with Crippen LogP contribution in [0.15, 0.2) is 18.2 Å². The summed E-state index contributed by atoms with van der Waals surface area (Å²) in [6, 6.07) is 5.81. The molecule has 112 valence electrons. The van der Waals surface area contributed by atoms with Gasteiger partial charge >= 0.3 is 0 Å². The quantitative estimate of drug-likeness (QED) is 0.762. The molecule has 2 rings (SSSR count). The predicted molar refractivity (Wildman–Crippen MR) is 78.3 cm³/mol. The van der Waals surface area contributed by atoms with Gasteiger partial charge in [0.25, 0.3) is 0 Å². The zero-order valence-corrected chi connectivity index (χ0v) is 12.1. The lowest BCUT2D eigenvalue weighted by Gasteiger charge is -2.26. The van der Waals surface area contributed by atoms with Crippen LogP contribution in [0, 0.1) is 0 Å². The third-order valence-corrected chi connectivity index (χ3v) is 3.44. The molecule has 1 aliphatic rings. The van der Waals surface area contributed by atoms with E-state index in [2.05, 4.69) is 4.90 Å². The second-order valence-electron chi connectivity index (χ2n) is 4.85. The molecule has 20 heavy (non-hydrogen) atoms. The van der Waals surface area contributed by atoms with Crippen LogP contribution in [-0.4, -0.2) is 51.5 Å². The van der Waals surface area contributed by atoms with Gasteiger partial charge in [0.1, 0.15) is 0 Å². The molecule has 1 aromatic carbocycles. The minimum absolute atomic E-state index is 0.508. The average molecular weight is 280 g/mol. The smallest absolute Gasteiger partial charge is 0.161 e. The Hall–Kier alpha value is -1.30. The highest BCUT2D eigenvalue weighted by molar-refractivity contribution is 5.42. The Bertz CT molecular complexity index is 406. The van der Waals surface area contributed by atoms with E-state index in [9.17, 15) is 0 Å². The standard InChI is InChI=1S/C15H24N2O3/c1-18-14-4-3-13(12-16)11-15(14)20-8-2-5-17-6-9-19-10-7-17/h3-4,11H,2,5-10,12,16H2,1H3. The van der Waals surface area contributed by atoms with Crippen molar-refractivity contribution in [2.45, 2.75) is 13.0 Å². The number of hydrogen-bond acceptors (Lipinski definition) is 5. The van der Waals surface area contributed by atoms with E-state index in [0.717, 1.165) is 56.3 Å². The third kappa shape index (κ3) is 4.37. The normalized spacial score (nSPS) is 16.1. The van der Waals surface area contributed by atoms with Gasteiger partial charge in [0.2, 0.25) is 0 Å². The minimum atomic E-state index is 0.508. The zero-order chi connectivity index (χ0) is 14.2. The van der Waals surface area contributed by atoms with Crippen molar-refractivity contribution < 1.29 is 14.2 Å². The average Bonchev–Trinajstić information content (AvgIpc) is 2.52. The fourth-order valence-electron chi connectivity index (χ4n) is 2.26. The fraction of sp³-hybridized carbons (Fsp3) is 0.600. The molecule has 1 saturated heterocycles. The summed E-state index contributed by atoms with van der Waals surface area (Å²) in [5, 5.41) is 0. The minimum Gasteiger partial charge on any atom is -0.493 e. The lowest BCUT2D eigenvalue weighted by atomic mass is 10.2. The van der Waals surface area contributed by atoms with Crippen molar-refractivity contribution in [2.24, 2.45) is 5.73 Å². The molecule has 0 bridgehead atoms. The molecule has 0 atom stereocenters. The lowest BCUT2D eigenvalue weighted by molar-refractivity contribution is 0.0357. The fourth-order valence-corrected chi connectivity index (χ4v) is 2.26. The van der Waals surface area contributed by atoms with Crippen LogP contribution in [0.2, 0.25) is 0 Å². The van der Waals surface area contributed by atoms with E-state index in [-0.39, 0.29) is 0 Å². The van der Waals surface area contributed by atoms with Gasteiger partial charge in [-0.1, -0.05) is 6.07 Å². The van der Waals surface area contributed by atoms with Crippen LogP contribution < -0.4 is 15.2 Å². The maximum Gasteiger partial charge on any atom is 0.161 e. The van der Waals surface area contributed by atoms with Crippen molar-refractivity contribution in [1.29, 1.82) is 0 Å². The Morgan fingerprint density at radius 2 is 2.05 bits per heavy atom. The Morgan fingerprint density at radius 1 is 1.25 bits per heavy atom. The molecule has 0 aliphatic carbocycles. The second-order valence-corrected chi connectivity index (χ2v) is 4.85. The summed E-state index contributed by atoms with van der Waals surface area (Å²) in [5.74, 6) is 1.53. The number of ether oxygens (including phenoxy) is 3. The van der Waals surface area contributed by atoms with E-state index in [1.54, 1.807) is 7.11 Å². The highest BCUT2D eigenvalue weighted by atomic mass is 16.5. The van der Waals surface area contributed by atoms with Crippen molar-refractivity contribution in [3.63, 3.8) is 0 Å². The Balaban J connectivity index is 1.77. The molecule has 0 saturated carbocycles. The molecule has 0 aromatic heterocycles. The molecular formula is C15H24N2O3. The molecule has 5 heteroatoms. The summed E-state index contributed by atoms with van der Waals surface area (Å²) < 4.78 is 16.5. The van der Waals surface area contributed by atoms with Crippen LogP contribution >= 0.6 is 0 Å². The summed E-state index contributed by atoms with van der Waals surface area (Å²) in [6.45, 7) is 5.95. The van der Waals surface area contributed by atoms with Crippen LogP contribution in [0.1, 0.15) is 12.0 Å². The maximum atomic E-state index is 5.82. The Kier molecular flexibility index (Phi) is 6.11. The first kappa shape index (κ1) is 15.1. The maximum absolute atomic E-state index is 5.82. The van der Waals surface area contributed by atoms with E-state index < -0.39 is 0 Å². The molecule has 1 fully saturated rings. The van der Waals surface area contributed by atoms with Crippen LogP contribution in [-0.2, 0) is 11.3 Å². The predicted octanol–water partition coefficient (Wildman–Crippen LogP) is 1.25. The zero-order valence-electron chi connectivity index (χ0n) is 12.1. The van der Waals surface area contributed by atoms with Gasteiger partial charge in [0.05, 0.1) is 26.9 Å². The Labute approximate surface area is 120 Å². The third-order valence-electron chi connectivity index (χ3n) is 3.44. The van der Waals surface area contributed by atoms with E-state index in [1.807, 2.05) is 18.2 Å². The summed E-state index contributed by atoms with van der Waals surface area (Å²) in [5.41, 5.74) is 6.70. The molecule has 2 N–H and O–H groups in total. The Morgan fingerprint density at radius 3 is 2.75 bits per heavy atom. The van der Waals surface area contributed by atoms with Gasteiger partial charge in [0.15, 0.2) is 11.5 Å². The van der Waals surface area contributed by atoms with Crippen molar-refractivity contribution in [3.05, 3.63) is 23.8 Å². The number of hydrogen-bond donors (Lipinski definition) is 1.